The Morgan fingerprint density at radius 2 is 2.21 bits per heavy atom. The first-order chi connectivity index (χ1) is 9.19. The topological polar surface area (TPSA) is 65.2 Å². The molecule has 0 fully saturated rings. The number of benzene rings is 1. The number of halogens is 1. The molecule has 2 aromatic rings. The summed E-state index contributed by atoms with van der Waals surface area (Å²) in [5.41, 5.74) is 0.910. The number of esters is 1. The molecule has 5 nitrogen and oxygen atoms in total. The lowest BCUT2D eigenvalue weighted by atomic mass is 10.1. The molecule has 1 heterocycles. The first-order valence-corrected chi connectivity index (χ1v) is 6.27. The third-order valence-corrected chi connectivity index (χ3v) is 2.79. The van der Waals surface area contributed by atoms with Crippen molar-refractivity contribution in [3.8, 4) is 0 Å². The van der Waals surface area contributed by atoms with Crippen LogP contribution in [-0.2, 0) is 22.4 Å². The predicted molar refractivity (Wildman–Crippen MR) is 68.9 cm³/mol. The van der Waals surface area contributed by atoms with Crippen LogP contribution in [0.1, 0.15) is 24.2 Å². The van der Waals surface area contributed by atoms with E-state index in [9.17, 15) is 4.79 Å². The second-order valence-corrected chi connectivity index (χ2v) is 4.26. The molecule has 0 N–H and O–H groups in total. The van der Waals surface area contributed by atoms with Gasteiger partial charge in [-0.15, -0.1) is 0 Å². The predicted octanol–water partition coefficient (Wildman–Crippen LogP) is 2.42. The Kier molecular flexibility index (Phi) is 4.52. The van der Waals surface area contributed by atoms with Crippen molar-refractivity contribution in [2.45, 2.75) is 19.8 Å². The third-order valence-electron chi connectivity index (χ3n) is 2.42. The molecule has 1 aromatic carbocycles. The first-order valence-electron chi connectivity index (χ1n) is 5.89. The number of rotatable bonds is 5. The van der Waals surface area contributed by atoms with Crippen molar-refractivity contribution in [1.29, 1.82) is 0 Å². The highest BCUT2D eigenvalue weighted by atomic mass is 35.5. The molecular weight excluding hydrogens is 268 g/mol. The zero-order chi connectivity index (χ0) is 13.7. The van der Waals surface area contributed by atoms with Gasteiger partial charge in [-0.1, -0.05) is 35.0 Å². The Morgan fingerprint density at radius 3 is 2.95 bits per heavy atom. The van der Waals surface area contributed by atoms with Gasteiger partial charge in [-0.25, -0.2) is 0 Å². The van der Waals surface area contributed by atoms with Crippen LogP contribution in [0.2, 0.25) is 5.02 Å². The van der Waals surface area contributed by atoms with Crippen LogP contribution < -0.4 is 0 Å². The summed E-state index contributed by atoms with van der Waals surface area (Å²) in [5, 5.41) is 4.47. The molecule has 0 aliphatic carbocycles. The van der Waals surface area contributed by atoms with E-state index in [1.54, 1.807) is 13.0 Å². The summed E-state index contributed by atoms with van der Waals surface area (Å²) in [6.45, 7) is 2.08. The van der Waals surface area contributed by atoms with Crippen LogP contribution in [-0.4, -0.2) is 22.7 Å². The molecule has 0 aliphatic rings. The molecule has 1 aromatic heterocycles. The number of carbonyl (C=O) groups excluding carboxylic acids is 1. The third kappa shape index (κ3) is 3.79. The molecule has 0 bridgehead atoms. The van der Waals surface area contributed by atoms with Crippen LogP contribution in [0.5, 0.6) is 0 Å². The van der Waals surface area contributed by atoms with Crippen molar-refractivity contribution in [2.24, 2.45) is 0 Å². The Bertz CT molecular complexity index is 569. The van der Waals surface area contributed by atoms with Gasteiger partial charge in [0, 0.05) is 11.4 Å². The van der Waals surface area contributed by atoms with Crippen LogP contribution in [0, 0.1) is 0 Å². The Balaban J connectivity index is 2.02. The minimum absolute atomic E-state index is 0.0106. The van der Waals surface area contributed by atoms with E-state index in [-0.39, 0.29) is 18.3 Å². The van der Waals surface area contributed by atoms with Crippen molar-refractivity contribution in [2.75, 3.05) is 6.61 Å². The lowest BCUT2D eigenvalue weighted by molar-refractivity contribution is -0.142. The van der Waals surface area contributed by atoms with Gasteiger partial charge >= 0.3 is 5.97 Å². The zero-order valence-corrected chi connectivity index (χ0v) is 11.2. The van der Waals surface area contributed by atoms with E-state index in [1.165, 1.54) is 0 Å². The summed E-state index contributed by atoms with van der Waals surface area (Å²) in [4.78, 5) is 15.4. The summed E-state index contributed by atoms with van der Waals surface area (Å²) in [5.74, 6) is 0.364. The van der Waals surface area contributed by atoms with Gasteiger partial charge in [-0.05, 0) is 18.6 Å². The van der Waals surface area contributed by atoms with E-state index in [4.69, 9.17) is 20.9 Å². The lowest BCUT2D eigenvalue weighted by Gasteiger charge is -1.99. The second kappa shape index (κ2) is 6.33. The highest BCUT2D eigenvalue weighted by molar-refractivity contribution is 6.31. The molecule has 2 rings (SSSR count). The Morgan fingerprint density at radius 1 is 1.42 bits per heavy atom. The molecule has 0 aliphatic heterocycles. The highest BCUT2D eigenvalue weighted by Crippen LogP contribution is 2.17. The monoisotopic (exact) mass is 280 g/mol. The van der Waals surface area contributed by atoms with Crippen LogP contribution in [0.15, 0.2) is 28.8 Å². The molecule has 100 valence electrons. The van der Waals surface area contributed by atoms with Crippen molar-refractivity contribution < 1.29 is 14.1 Å². The summed E-state index contributed by atoms with van der Waals surface area (Å²) in [6, 6.07) is 7.44. The number of aromatic nitrogens is 2. The number of nitrogens with zero attached hydrogens (tertiary/aromatic N) is 2. The fraction of sp³-hybridized carbons (Fsp3) is 0.308. The number of ether oxygens (including phenoxy) is 1. The molecule has 0 atom stereocenters. The normalized spacial score (nSPS) is 10.4. The van der Waals surface area contributed by atoms with E-state index in [0.29, 0.717) is 23.9 Å². The Hall–Kier alpha value is -1.88. The van der Waals surface area contributed by atoms with E-state index >= 15 is 0 Å². The fourth-order valence-electron chi connectivity index (χ4n) is 1.58. The SMILES string of the molecule is CCOC(=O)Cc1nc(Cc2ccccc2Cl)no1. The van der Waals surface area contributed by atoms with Gasteiger partial charge in [0.1, 0.15) is 6.42 Å². The van der Waals surface area contributed by atoms with Crippen LogP contribution in [0.3, 0.4) is 0 Å². The van der Waals surface area contributed by atoms with E-state index in [1.807, 2.05) is 18.2 Å². The molecular formula is C13H13ClN2O3. The highest BCUT2D eigenvalue weighted by Gasteiger charge is 2.13. The van der Waals surface area contributed by atoms with Gasteiger partial charge in [-0.3, -0.25) is 4.79 Å². The molecule has 0 saturated carbocycles. The van der Waals surface area contributed by atoms with E-state index in [2.05, 4.69) is 10.1 Å². The van der Waals surface area contributed by atoms with Crippen molar-refractivity contribution in [3.63, 3.8) is 0 Å². The Labute approximate surface area is 115 Å². The van der Waals surface area contributed by atoms with Gasteiger partial charge in [0.15, 0.2) is 5.82 Å². The first kappa shape index (κ1) is 13.5. The maximum Gasteiger partial charge on any atom is 0.315 e. The maximum absolute atomic E-state index is 11.3. The van der Waals surface area contributed by atoms with Gasteiger partial charge in [-0.2, -0.15) is 4.98 Å². The molecule has 0 unspecified atom stereocenters. The van der Waals surface area contributed by atoms with E-state index < -0.39 is 0 Å². The number of carbonyl (C=O) groups is 1. The average molecular weight is 281 g/mol. The van der Waals surface area contributed by atoms with Crippen molar-refractivity contribution in [1.82, 2.24) is 10.1 Å². The average Bonchev–Trinajstić information content (AvgIpc) is 2.80. The molecule has 19 heavy (non-hydrogen) atoms. The summed E-state index contributed by atoms with van der Waals surface area (Å²) in [7, 11) is 0. The lowest BCUT2D eigenvalue weighted by Crippen LogP contribution is -2.07. The molecule has 0 amide bonds. The van der Waals surface area contributed by atoms with Crippen LogP contribution in [0.4, 0.5) is 0 Å². The smallest absolute Gasteiger partial charge is 0.315 e. The van der Waals surface area contributed by atoms with Crippen molar-refractivity contribution >= 4 is 17.6 Å². The minimum Gasteiger partial charge on any atom is -0.466 e. The fourth-order valence-corrected chi connectivity index (χ4v) is 1.78. The standard InChI is InChI=1S/C13H13ClN2O3/c1-2-18-13(17)8-12-15-11(16-19-12)7-9-5-3-4-6-10(9)14/h3-6H,2,7-8H2,1H3. The zero-order valence-electron chi connectivity index (χ0n) is 10.4. The van der Waals surface area contributed by atoms with Crippen LogP contribution >= 0.6 is 11.6 Å². The largest absolute Gasteiger partial charge is 0.466 e. The number of hydrogen-bond acceptors (Lipinski definition) is 5. The van der Waals surface area contributed by atoms with E-state index in [0.717, 1.165) is 5.56 Å². The van der Waals surface area contributed by atoms with Gasteiger partial charge in [0.2, 0.25) is 5.89 Å². The molecule has 0 radical (unpaired) electrons. The molecule has 0 saturated heterocycles. The maximum atomic E-state index is 11.3. The molecule has 0 spiro atoms. The minimum atomic E-state index is -0.379. The molecule has 6 heteroatoms. The van der Waals surface area contributed by atoms with Crippen molar-refractivity contribution in [3.05, 3.63) is 46.6 Å². The quantitative estimate of drug-likeness (QED) is 0.787. The van der Waals surface area contributed by atoms with Gasteiger partial charge in [0.25, 0.3) is 0 Å². The number of hydrogen-bond donors (Lipinski definition) is 0. The van der Waals surface area contributed by atoms with Gasteiger partial charge < -0.3 is 9.26 Å². The summed E-state index contributed by atoms with van der Waals surface area (Å²) < 4.78 is 9.79. The van der Waals surface area contributed by atoms with Gasteiger partial charge in [0.05, 0.1) is 6.61 Å². The second-order valence-electron chi connectivity index (χ2n) is 3.85. The summed E-state index contributed by atoms with van der Waals surface area (Å²) in [6.07, 6.45) is 0.454. The van der Waals surface area contributed by atoms with Crippen LogP contribution in [0.25, 0.3) is 0 Å². The summed E-state index contributed by atoms with van der Waals surface area (Å²) >= 11 is 6.05.